The molecule has 4 fully saturated rings. The average Bonchev–Trinajstić information content (AvgIpc) is 3.44. The summed E-state index contributed by atoms with van der Waals surface area (Å²) in [6.07, 6.45) is -31.8. The third-order valence-corrected chi connectivity index (χ3v) is 8.81. The molecule has 4 saturated heterocycles. The number of rotatable bonds is 10. The van der Waals surface area contributed by atoms with Gasteiger partial charge in [0.2, 0.25) is 6.29 Å². The van der Waals surface area contributed by atoms with Crippen molar-refractivity contribution in [2.24, 2.45) is 4.99 Å². The Morgan fingerprint density at radius 2 is 0.979 bits per heavy atom. The molecule has 272 valence electrons. The second-order valence-corrected chi connectivity index (χ2v) is 11.9. The van der Waals surface area contributed by atoms with E-state index >= 15 is 0 Å². The fourth-order valence-corrected chi connectivity index (χ4v) is 6.15. The first-order chi connectivity index (χ1) is 22.3. The summed E-state index contributed by atoms with van der Waals surface area (Å²) in [7, 11) is 0. The standard InChI is InChI=1S/C26H43NO20/c1-6-27-11-15(35)20(10(5-31)44-23(11)40-6)45-25-19(39)21(14(34)9(4-30)42-25)46-26-22(17(37)13(33)8(3-29)43-26)47-24-18(38)16(36)12(32)7(2-28)41-24/h7-26,28-39H,2-5H2,1H3/t7-,8-,9?,10?,11?,12+,13+,14+,15+,16?,17?,18?,19?,20+,21+,22?,23-,24+,25-,26+/m0/s1. The minimum atomic E-state index is -1.96. The average molecular weight is 690 g/mol. The van der Waals surface area contributed by atoms with Crippen LogP contribution in [0.25, 0.3) is 0 Å². The number of aliphatic imine (C=N–C) groups is 1. The fraction of sp³-hybridized carbons (Fsp3) is 0.962. The topological polar surface area (TPSA) is 329 Å². The maximum atomic E-state index is 11.3. The Hall–Kier alpha value is -1.29. The van der Waals surface area contributed by atoms with Gasteiger partial charge in [-0.05, 0) is 0 Å². The van der Waals surface area contributed by atoms with Crippen LogP contribution in [0.15, 0.2) is 4.99 Å². The van der Waals surface area contributed by atoms with Crippen molar-refractivity contribution in [3.63, 3.8) is 0 Å². The van der Waals surface area contributed by atoms with Crippen molar-refractivity contribution >= 4 is 5.90 Å². The second kappa shape index (κ2) is 15.3. The molecule has 0 spiro atoms. The minimum absolute atomic E-state index is 0.212. The molecule has 0 radical (unpaired) electrons. The zero-order valence-electron chi connectivity index (χ0n) is 25.0. The second-order valence-electron chi connectivity index (χ2n) is 11.9. The number of nitrogens with zero attached hydrogens (tertiary/aromatic N) is 1. The summed E-state index contributed by atoms with van der Waals surface area (Å²) in [6, 6.07) is -0.964. The van der Waals surface area contributed by atoms with Gasteiger partial charge in [-0.1, -0.05) is 0 Å². The summed E-state index contributed by atoms with van der Waals surface area (Å²) >= 11 is 0. The lowest BCUT2D eigenvalue weighted by molar-refractivity contribution is -0.394. The first-order valence-electron chi connectivity index (χ1n) is 15.0. The lowest BCUT2D eigenvalue weighted by Gasteiger charge is -2.49. The highest BCUT2D eigenvalue weighted by atomic mass is 16.8. The van der Waals surface area contributed by atoms with Gasteiger partial charge in [0, 0.05) is 6.92 Å². The monoisotopic (exact) mass is 689 g/mol. The van der Waals surface area contributed by atoms with Crippen LogP contribution in [0.1, 0.15) is 6.92 Å². The molecule has 5 rings (SSSR count). The van der Waals surface area contributed by atoms with E-state index in [9.17, 15) is 61.3 Å². The van der Waals surface area contributed by atoms with Crippen LogP contribution in [-0.2, 0) is 37.9 Å². The summed E-state index contributed by atoms with van der Waals surface area (Å²) in [6.45, 7) is -1.66. The van der Waals surface area contributed by atoms with E-state index in [0.717, 1.165) is 0 Å². The van der Waals surface area contributed by atoms with Gasteiger partial charge in [0.05, 0.1) is 26.4 Å². The van der Waals surface area contributed by atoms with Crippen molar-refractivity contribution < 1.29 is 99.2 Å². The molecule has 12 N–H and O–H groups in total. The van der Waals surface area contributed by atoms with E-state index in [1.807, 2.05) is 0 Å². The van der Waals surface area contributed by atoms with Crippen LogP contribution >= 0.6 is 0 Å². The zero-order chi connectivity index (χ0) is 34.3. The number of hydrogen-bond donors (Lipinski definition) is 12. The SMILES string of the molecule is CC1=NC2[C@@H](O1)OC(CO)[C@@H](O[C@@H]1OC(CO)[C@@H](O)[C@@H](O[C@H]3O[C@@H](CO)[C@@H](O)C(O)C3O[C@H]3O[C@@H](CO)[C@@H](O)C(O)C3O)C1O)[C@@H]2O. The molecule has 0 aliphatic carbocycles. The smallest absolute Gasteiger partial charge is 0.227 e. The lowest BCUT2D eigenvalue weighted by atomic mass is 9.95. The van der Waals surface area contributed by atoms with Crippen LogP contribution in [-0.4, -0.2) is 216 Å². The molecule has 5 aliphatic rings. The van der Waals surface area contributed by atoms with Gasteiger partial charge in [-0.3, -0.25) is 0 Å². The molecular formula is C26H43NO20. The van der Waals surface area contributed by atoms with E-state index in [1.165, 1.54) is 6.92 Å². The van der Waals surface area contributed by atoms with E-state index < -0.39 is 149 Å². The fourth-order valence-electron chi connectivity index (χ4n) is 6.15. The van der Waals surface area contributed by atoms with Crippen molar-refractivity contribution in [1.82, 2.24) is 0 Å². The van der Waals surface area contributed by atoms with Gasteiger partial charge in [0.1, 0.15) is 97.6 Å². The van der Waals surface area contributed by atoms with Crippen LogP contribution in [0.2, 0.25) is 0 Å². The van der Waals surface area contributed by atoms with Crippen LogP contribution in [0.3, 0.4) is 0 Å². The summed E-state index contributed by atoms with van der Waals surface area (Å²) in [4.78, 5) is 4.15. The van der Waals surface area contributed by atoms with Crippen molar-refractivity contribution in [1.29, 1.82) is 0 Å². The number of fused-ring (bicyclic) bond motifs is 1. The molecule has 47 heavy (non-hydrogen) atoms. The molecule has 0 aromatic rings. The highest BCUT2D eigenvalue weighted by Crippen LogP contribution is 2.36. The Kier molecular flexibility index (Phi) is 12.0. The molecule has 8 unspecified atom stereocenters. The molecule has 0 saturated carbocycles. The van der Waals surface area contributed by atoms with Crippen molar-refractivity contribution in [3.05, 3.63) is 0 Å². The molecule has 21 heteroatoms. The number of aliphatic hydroxyl groups excluding tert-OH is 12. The van der Waals surface area contributed by atoms with E-state index in [0.29, 0.717) is 0 Å². The van der Waals surface area contributed by atoms with E-state index in [2.05, 4.69) is 4.99 Å². The Bertz CT molecular complexity index is 1060. The zero-order valence-corrected chi connectivity index (χ0v) is 25.0. The van der Waals surface area contributed by atoms with Crippen LogP contribution in [0, 0.1) is 0 Å². The maximum Gasteiger partial charge on any atom is 0.227 e. The van der Waals surface area contributed by atoms with Gasteiger partial charge in [-0.2, -0.15) is 0 Å². The molecule has 0 aromatic carbocycles. The Morgan fingerprint density at radius 3 is 1.57 bits per heavy atom. The molecule has 21 nitrogen and oxygen atoms in total. The third-order valence-electron chi connectivity index (χ3n) is 8.81. The number of hydrogen-bond acceptors (Lipinski definition) is 21. The lowest BCUT2D eigenvalue weighted by Crippen LogP contribution is -2.67. The van der Waals surface area contributed by atoms with Crippen LogP contribution < -0.4 is 0 Å². The largest absolute Gasteiger partial charge is 0.450 e. The number of aliphatic hydroxyl groups is 12. The van der Waals surface area contributed by atoms with Crippen molar-refractivity contribution in [3.8, 4) is 0 Å². The van der Waals surface area contributed by atoms with E-state index in [4.69, 9.17) is 37.9 Å². The third kappa shape index (κ3) is 7.16. The predicted octanol–water partition coefficient (Wildman–Crippen LogP) is -8.28. The summed E-state index contributed by atoms with van der Waals surface area (Å²) < 4.78 is 44.8. The maximum absolute atomic E-state index is 11.3. The Balaban J connectivity index is 1.37. The molecule has 5 aliphatic heterocycles. The summed E-state index contributed by atoms with van der Waals surface area (Å²) in [5.74, 6) is 0.212. The first-order valence-corrected chi connectivity index (χ1v) is 15.0. The highest BCUT2D eigenvalue weighted by Gasteiger charge is 2.56. The molecular weight excluding hydrogens is 646 g/mol. The Morgan fingerprint density at radius 1 is 0.489 bits per heavy atom. The van der Waals surface area contributed by atoms with Gasteiger partial charge in [-0.25, -0.2) is 4.99 Å². The van der Waals surface area contributed by atoms with E-state index in [-0.39, 0.29) is 5.90 Å². The highest BCUT2D eigenvalue weighted by molar-refractivity contribution is 5.75. The molecule has 5 heterocycles. The van der Waals surface area contributed by atoms with Crippen LogP contribution in [0.4, 0.5) is 0 Å². The normalized spacial score (nSPS) is 52.1. The molecule has 0 amide bonds. The van der Waals surface area contributed by atoms with Gasteiger partial charge >= 0.3 is 0 Å². The van der Waals surface area contributed by atoms with E-state index in [1.54, 1.807) is 0 Å². The summed E-state index contributed by atoms with van der Waals surface area (Å²) in [5, 5.41) is 125. The van der Waals surface area contributed by atoms with Crippen LogP contribution in [0.5, 0.6) is 0 Å². The first kappa shape index (κ1) is 37.0. The molecule has 0 aromatic heterocycles. The van der Waals surface area contributed by atoms with Gasteiger partial charge in [0.25, 0.3) is 0 Å². The molecule has 0 bridgehead atoms. The number of ether oxygens (including phenoxy) is 8. The summed E-state index contributed by atoms with van der Waals surface area (Å²) in [5.41, 5.74) is 0. The van der Waals surface area contributed by atoms with Gasteiger partial charge < -0.3 is 99.2 Å². The predicted molar refractivity (Wildman–Crippen MR) is 144 cm³/mol. The quantitative estimate of drug-likeness (QED) is 0.101. The minimum Gasteiger partial charge on any atom is -0.450 e. The van der Waals surface area contributed by atoms with Gasteiger partial charge in [0.15, 0.2) is 24.8 Å². The molecule has 20 atom stereocenters. The Labute approximate surface area is 266 Å². The van der Waals surface area contributed by atoms with Crippen molar-refractivity contribution in [2.75, 3.05) is 26.4 Å². The van der Waals surface area contributed by atoms with Crippen molar-refractivity contribution in [2.45, 2.75) is 130 Å². The van der Waals surface area contributed by atoms with Gasteiger partial charge in [-0.15, -0.1) is 0 Å².